The molecule has 0 bridgehead atoms. The van der Waals surface area contributed by atoms with Crippen LogP contribution in [-0.4, -0.2) is 16.0 Å². The van der Waals surface area contributed by atoms with Crippen LogP contribution in [0.2, 0.25) is 10.0 Å². The Morgan fingerprint density at radius 2 is 2.11 bits per heavy atom. The summed E-state index contributed by atoms with van der Waals surface area (Å²) in [6.45, 7) is 4.91. The van der Waals surface area contributed by atoms with Crippen LogP contribution >= 0.6 is 23.2 Å². The number of nitrogens with one attached hydrogen (secondary N) is 2. The van der Waals surface area contributed by atoms with Crippen molar-refractivity contribution in [1.82, 2.24) is 15.3 Å². The summed E-state index contributed by atoms with van der Waals surface area (Å²) < 4.78 is 0. The molecular formula is C13H15Cl2N3. The highest BCUT2D eigenvalue weighted by Crippen LogP contribution is 2.28. The number of H-pyrrole nitrogens is 1. The van der Waals surface area contributed by atoms with Gasteiger partial charge in [-0.2, -0.15) is 0 Å². The zero-order chi connectivity index (χ0) is 13.1. The summed E-state index contributed by atoms with van der Waals surface area (Å²) in [5.74, 6) is 0.893. The van der Waals surface area contributed by atoms with Crippen LogP contribution in [0.5, 0.6) is 0 Å². The van der Waals surface area contributed by atoms with Gasteiger partial charge in [-0.25, -0.2) is 4.98 Å². The zero-order valence-electron chi connectivity index (χ0n) is 10.3. The Bertz CT molecular complexity index is 535. The number of rotatable bonds is 4. The fourth-order valence-electron chi connectivity index (χ4n) is 1.60. The van der Waals surface area contributed by atoms with Gasteiger partial charge in [0.15, 0.2) is 0 Å². The van der Waals surface area contributed by atoms with E-state index in [2.05, 4.69) is 29.1 Å². The van der Waals surface area contributed by atoms with Crippen molar-refractivity contribution in [3.63, 3.8) is 0 Å². The molecule has 3 nitrogen and oxygen atoms in total. The van der Waals surface area contributed by atoms with Gasteiger partial charge in [0.1, 0.15) is 5.82 Å². The van der Waals surface area contributed by atoms with Gasteiger partial charge in [0.05, 0.1) is 23.5 Å². The quantitative estimate of drug-likeness (QED) is 0.894. The number of nitrogens with zero attached hydrogens (tertiary/aromatic N) is 1. The maximum Gasteiger partial charge on any atom is 0.120 e. The molecule has 2 N–H and O–H groups in total. The molecular weight excluding hydrogens is 269 g/mol. The van der Waals surface area contributed by atoms with Crippen LogP contribution in [0, 0.1) is 0 Å². The first-order chi connectivity index (χ1) is 8.56. The summed E-state index contributed by atoms with van der Waals surface area (Å²) >= 11 is 12.0. The molecule has 0 atom stereocenters. The van der Waals surface area contributed by atoms with Crippen molar-refractivity contribution < 1.29 is 0 Å². The van der Waals surface area contributed by atoms with E-state index in [1.807, 2.05) is 12.1 Å². The molecule has 0 aliphatic heterocycles. The van der Waals surface area contributed by atoms with Gasteiger partial charge in [-0.1, -0.05) is 37.0 Å². The van der Waals surface area contributed by atoms with Gasteiger partial charge >= 0.3 is 0 Å². The first kappa shape index (κ1) is 13.4. The Morgan fingerprint density at radius 3 is 2.78 bits per heavy atom. The van der Waals surface area contributed by atoms with Crippen LogP contribution in [0.25, 0.3) is 11.3 Å². The van der Waals surface area contributed by atoms with Crippen molar-refractivity contribution in [1.29, 1.82) is 0 Å². The minimum Gasteiger partial charge on any atom is -0.341 e. The van der Waals surface area contributed by atoms with E-state index in [9.17, 15) is 0 Å². The van der Waals surface area contributed by atoms with Crippen molar-refractivity contribution in [2.75, 3.05) is 0 Å². The number of hydrogen-bond donors (Lipinski definition) is 2. The van der Waals surface area contributed by atoms with E-state index in [0.29, 0.717) is 22.6 Å². The molecule has 0 amide bonds. The molecule has 0 unspecified atom stereocenters. The maximum absolute atomic E-state index is 6.15. The molecule has 0 spiro atoms. The molecule has 0 radical (unpaired) electrons. The first-order valence-electron chi connectivity index (χ1n) is 5.79. The Morgan fingerprint density at radius 1 is 1.33 bits per heavy atom. The Balaban J connectivity index is 2.18. The predicted molar refractivity (Wildman–Crippen MR) is 76.0 cm³/mol. The zero-order valence-corrected chi connectivity index (χ0v) is 11.8. The van der Waals surface area contributed by atoms with Crippen molar-refractivity contribution in [2.45, 2.75) is 26.4 Å². The molecule has 0 aliphatic carbocycles. The van der Waals surface area contributed by atoms with E-state index < -0.39 is 0 Å². The largest absolute Gasteiger partial charge is 0.341 e. The Kier molecular flexibility index (Phi) is 4.27. The minimum absolute atomic E-state index is 0.428. The third-order valence-corrected chi connectivity index (χ3v) is 3.08. The van der Waals surface area contributed by atoms with Crippen LogP contribution in [-0.2, 0) is 6.54 Å². The predicted octanol–water partition coefficient (Wildman–Crippen LogP) is 3.88. The summed E-state index contributed by atoms with van der Waals surface area (Å²) in [6, 6.07) is 5.86. The molecule has 1 aromatic heterocycles. The lowest BCUT2D eigenvalue weighted by Crippen LogP contribution is -2.22. The highest BCUT2D eigenvalue weighted by atomic mass is 35.5. The molecule has 5 heteroatoms. The average molecular weight is 284 g/mol. The lowest BCUT2D eigenvalue weighted by atomic mass is 10.2. The molecule has 0 saturated carbocycles. The summed E-state index contributed by atoms with van der Waals surface area (Å²) in [5.41, 5.74) is 1.81. The van der Waals surface area contributed by atoms with E-state index >= 15 is 0 Å². The molecule has 2 aromatic rings. The molecule has 0 aliphatic rings. The number of benzene rings is 1. The molecule has 1 heterocycles. The molecule has 1 aromatic carbocycles. The van der Waals surface area contributed by atoms with E-state index in [4.69, 9.17) is 23.2 Å². The lowest BCUT2D eigenvalue weighted by Gasteiger charge is -2.05. The third-order valence-electron chi connectivity index (χ3n) is 2.53. The first-order valence-corrected chi connectivity index (χ1v) is 6.54. The van der Waals surface area contributed by atoms with Gasteiger partial charge in [-0.3, -0.25) is 0 Å². The lowest BCUT2D eigenvalue weighted by molar-refractivity contribution is 0.575. The van der Waals surface area contributed by atoms with Crippen LogP contribution in [0.4, 0.5) is 0 Å². The highest BCUT2D eigenvalue weighted by molar-refractivity contribution is 6.36. The minimum atomic E-state index is 0.428. The summed E-state index contributed by atoms with van der Waals surface area (Å²) in [7, 11) is 0. The third kappa shape index (κ3) is 3.25. The second-order valence-corrected chi connectivity index (χ2v) is 5.25. The fraction of sp³-hybridized carbons (Fsp3) is 0.308. The average Bonchev–Trinajstić information content (AvgIpc) is 2.75. The topological polar surface area (TPSA) is 40.7 Å². The second-order valence-electron chi connectivity index (χ2n) is 4.40. The van der Waals surface area contributed by atoms with Crippen molar-refractivity contribution in [2.24, 2.45) is 0 Å². The van der Waals surface area contributed by atoms with Gasteiger partial charge in [0.25, 0.3) is 0 Å². The molecule has 96 valence electrons. The van der Waals surface area contributed by atoms with E-state index in [-0.39, 0.29) is 0 Å². The number of aromatic amines is 1. The fourth-order valence-corrected chi connectivity index (χ4v) is 2.11. The Hall–Kier alpha value is -1.03. The van der Waals surface area contributed by atoms with Crippen molar-refractivity contribution in [3.05, 3.63) is 40.3 Å². The standard InChI is InChI=1S/C13H15Cl2N3/c1-8(2)16-7-13-17-6-12(18-13)10-4-3-9(14)5-11(10)15/h3-6,8,16H,7H2,1-2H3,(H,17,18). The van der Waals surface area contributed by atoms with Crippen LogP contribution < -0.4 is 5.32 Å². The second kappa shape index (κ2) is 5.74. The van der Waals surface area contributed by atoms with Crippen molar-refractivity contribution in [3.8, 4) is 11.3 Å². The molecule has 2 rings (SSSR count). The van der Waals surface area contributed by atoms with Crippen LogP contribution in [0.1, 0.15) is 19.7 Å². The molecule has 18 heavy (non-hydrogen) atoms. The van der Waals surface area contributed by atoms with Crippen LogP contribution in [0.15, 0.2) is 24.4 Å². The molecule has 0 saturated heterocycles. The summed E-state index contributed by atoms with van der Waals surface area (Å²) in [4.78, 5) is 7.56. The van der Waals surface area contributed by atoms with E-state index in [1.165, 1.54) is 0 Å². The van der Waals surface area contributed by atoms with Gasteiger partial charge < -0.3 is 10.3 Å². The summed E-state index contributed by atoms with van der Waals surface area (Å²) in [6.07, 6.45) is 1.78. The van der Waals surface area contributed by atoms with Gasteiger partial charge in [0, 0.05) is 16.6 Å². The number of aromatic nitrogens is 2. The Labute approximate surface area is 117 Å². The van der Waals surface area contributed by atoms with Gasteiger partial charge in [-0.05, 0) is 18.2 Å². The smallest absolute Gasteiger partial charge is 0.120 e. The maximum atomic E-state index is 6.15. The normalized spacial score (nSPS) is 11.2. The highest BCUT2D eigenvalue weighted by Gasteiger charge is 2.07. The van der Waals surface area contributed by atoms with Gasteiger partial charge in [0.2, 0.25) is 0 Å². The SMILES string of the molecule is CC(C)NCc1ncc(-c2ccc(Cl)cc2Cl)[nH]1. The van der Waals surface area contributed by atoms with E-state index in [1.54, 1.807) is 12.3 Å². The number of halogens is 2. The number of imidazole rings is 1. The van der Waals surface area contributed by atoms with Crippen LogP contribution in [0.3, 0.4) is 0 Å². The van der Waals surface area contributed by atoms with Gasteiger partial charge in [-0.15, -0.1) is 0 Å². The number of hydrogen-bond acceptors (Lipinski definition) is 2. The van der Waals surface area contributed by atoms with E-state index in [0.717, 1.165) is 17.1 Å². The molecule has 0 fully saturated rings. The monoisotopic (exact) mass is 283 g/mol. The summed E-state index contributed by atoms with van der Waals surface area (Å²) in [5, 5.41) is 4.55. The van der Waals surface area contributed by atoms with Crippen molar-refractivity contribution >= 4 is 23.2 Å².